The molecule has 27 heavy (non-hydrogen) atoms. The molecule has 0 spiro atoms. The van der Waals surface area contributed by atoms with Crippen molar-refractivity contribution >= 4 is 28.9 Å². The molecule has 0 fully saturated rings. The molecule has 2 N–H and O–H groups in total. The predicted molar refractivity (Wildman–Crippen MR) is 105 cm³/mol. The average molecular weight is 370 g/mol. The summed E-state index contributed by atoms with van der Waals surface area (Å²) in [4.78, 5) is 23.9. The van der Waals surface area contributed by atoms with Gasteiger partial charge in [0, 0.05) is 17.5 Å². The first-order chi connectivity index (χ1) is 12.6. The van der Waals surface area contributed by atoms with E-state index in [1.54, 1.807) is 64.1 Å². The first kappa shape index (κ1) is 20.2. The normalized spacial score (nSPS) is 11.7. The second-order valence-electron chi connectivity index (χ2n) is 7.03. The van der Waals surface area contributed by atoms with Gasteiger partial charge in [-0.1, -0.05) is 12.1 Å². The van der Waals surface area contributed by atoms with Gasteiger partial charge in [0.2, 0.25) is 5.91 Å². The van der Waals surface area contributed by atoms with Gasteiger partial charge in [0.05, 0.1) is 0 Å². The summed E-state index contributed by atoms with van der Waals surface area (Å²) in [7, 11) is 0. The Hall–Kier alpha value is -3.15. The molecule has 2 aromatic carbocycles. The molecule has 0 aliphatic heterocycles. The van der Waals surface area contributed by atoms with Gasteiger partial charge in [0.15, 0.2) is 0 Å². The molecule has 142 valence electrons. The zero-order valence-corrected chi connectivity index (χ0v) is 15.8. The van der Waals surface area contributed by atoms with Crippen LogP contribution in [-0.4, -0.2) is 17.6 Å². The number of carbonyl (C=O) groups excluding carboxylic acids is 2. The van der Waals surface area contributed by atoms with Gasteiger partial charge in [-0.25, -0.2) is 9.18 Å². The van der Waals surface area contributed by atoms with Crippen LogP contribution in [0.1, 0.15) is 33.3 Å². The van der Waals surface area contributed by atoms with Crippen molar-refractivity contribution in [1.82, 2.24) is 0 Å². The summed E-state index contributed by atoms with van der Waals surface area (Å²) in [5.74, 6) is -0.624. The molecule has 2 rings (SSSR count). The average Bonchev–Trinajstić information content (AvgIpc) is 2.55. The van der Waals surface area contributed by atoms with E-state index in [4.69, 9.17) is 4.74 Å². The number of amides is 2. The zero-order chi connectivity index (χ0) is 20.0. The van der Waals surface area contributed by atoms with E-state index in [1.807, 2.05) is 0 Å². The maximum absolute atomic E-state index is 13.0. The van der Waals surface area contributed by atoms with Crippen LogP contribution in [0.15, 0.2) is 54.6 Å². The molecular weight excluding hydrogens is 347 g/mol. The highest BCUT2D eigenvalue weighted by atomic mass is 19.1. The van der Waals surface area contributed by atoms with Crippen molar-refractivity contribution in [1.29, 1.82) is 0 Å². The number of hydrogen-bond donors (Lipinski definition) is 2. The molecule has 0 heterocycles. The van der Waals surface area contributed by atoms with Gasteiger partial charge in [-0.3, -0.25) is 10.1 Å². The monoisotopic (exact) mass is 370 g/mol. The van der Waals surface area contributed by atoms with Gasteiger partial charge in [-0.05, 0) is 75.2 Å². The van der Waals surface area contributed by atoms with Crippen LogP contribution in [-0.2, 0) is 9.53 Å². The van der Waals surface area contributed by atoms with Crippen molar-refractivity contribution in [2.75, 3.05) is 10.6 Å². The maximum Gasteiger partial charge on any atom is 0.412 e. The van der Waals surface area contributed by atoms with Crippen molar-refractivity contribution in [3.05, 3.63) is 66.0 Å². The minimum absolute atomic E-state index is 0.301. The Morgan fingerprint density at radius 1 is 0.926 bits per heavy atom. The highest BCUT2D eigenvalue weighted by Gasteiger charge is 2.16. The second-order valence-corrected chi connectivity index (χ2v) is 7.03. The molecule has 0 bridgehead atoms. The Bertz CT molecular complexity index is 835. The summed E-state index contributed by atoms with van der Waals surface area (Å²) >= 11 is 0. The van der Waals surface area contributed by atoms with Crippen molar-refractivity contribution in [3.63, 3.8) is 0 Å². The fourth-order valence-electron chi connectivity index (χ4n) is 2.23. The number of allylic oxidation sites excluding steroid dienone is 1. The first-order valence-corrected chi connectivity index (χ1v) is 8.48. The number of nitrogens with one attached hydrogen (secondary N) is 2. The van der Waals surface area contributed by atoms with E-state index in [2.05, 4.69) is 10.6 Å². The van der Waals surface area contributed by atoms with Gasteiger partial charge in [-0.2, -0.15) is 0 Å². The van der Waals surface area contributed by atoms with Crippen molar-refractivity contribution in [2.45, 2.75) is 33.3 Å². The summed E-state index contributed by atoms with van der Waals surface area (Å²) in [5.41, 5.74) is 2.05. The first-order valence-electron chi connectivity index (χ1n) is 8.48. The van der Waals surface area contributed by atoms with Crippen LogP contribution in [0.25, 0.3) is 5.57 Å². The van der Waals surface area contributed by atoms with E-state index in [-0.39, 0.29) is 11.7 Å². The summed E-state index contributed by atoms with van der Waals surface area (Å²) < 4.78 is 18.1. The molecule has 2 amide bonds. The van der Waals surface area contributed by atoms with E-state index in [0.717, 1.165) is 11.1 Å². The number of anilines is 2. The fraction of sp³-hybridized carbons (Fsp3) is 0.238. The third-order valence-corrected chi connectivity index (χ3v) is 3.44. The lowest BCUT2D eigenvalue weighted by Crippen LogP contribution is -2.27. The molecule has 0 aliphatic carbocycles. The van der Waals surface area contributed by atoms with E-state index in [9.17, 15) is 14.0 Å². The van der Waals surface area contributed by atoms with E-state index in [0.29, 0.717) is 11.4 Å². The smallest absolute Gasteiger partial charge is 0.412 e. The molecule has 2 aromatic rings. The lowest BCUT2D eigenvalue weighted by atomic mass is 10.1. The van der Waals surface area contributed by atoms with Crippen LogP contribution >= 0.6 is 0 Å². The van der Waals surface area contributed by atoms with Crippen LogP contribution in [0.5, 0.6) is 0 Å². The molecule has 0 saturated carbocycles. The van der Waals surface area contributed by atoms with Gasteiger partial charge in [0.1, 0.15) is 11.4 Å². The van der Waals surface area contributed by atoms with E-state index in [1.165, 1.54) is 18.2 Å². The number of rotatable bonds is 4. The largest absolute Gasteiger partial charge is 0.444 e. The second kappa shape index (κ2) is 8.49. The molecule has 5 nitrogen and oxygen atoms in total. The minimum Gasteiger partial charge on any atom is -0.444 e. The maximum atomic E-state index is 13.0. The lowest BCUT2D eigenvalue weighted by Gasteiger charge is -2.19. The highest BCUT2D eigenvalue weighted by molar-refractivity contribution is 6.03. The molecule has 0 unspecified atom stereocenters. The zero-order valence-electron chi connectivity index (χ0n) is 15.8. The summed E-state index contributed by atoms with van der Waals surface area (Å²) in [5, 5.41) is 5.36. The minimum atomic E-state index is -0.577. The molecule has 0 atom stereocenters. The lowest BCUT2D eigenvalue weighted by molar-refractivity contribution is -0.111. The summed E-state index contributed by atoms with van der Waals surface area (Å²) in [6.07, 6.45) is 0.900. The molecular formula is C21H23FN2O3. The highest BCUT2D eigenvalue weighted by Crippen LogP contribution is 2.17. The van der Waals surface area contributed by atoms with Crippen molar-refractivity contribution < 1.29 is 18.7 Å². The quantitative estimate of drug-likeness (QED) is 0.726. The molecule has 0 aliphatic rings. The molecule has 0 saturated heterocycles. The number of benzene rings is 2. The number of ether oxygens (including phenoxy) is 1. The molecule has 6 heteroatoms. The Kier molecular flexibility index (Phi) is 6.34. The Balaban J connectivity index is 1.95. The SMILES string of the molecule is C/C(=C/C(=O)Nc1ccc(NC(=O)OC(C)(C)C)cc1)c1ccc(F)cc1. The topological polar surface area (TPSA) is 67.4 Å². The predicted octanol–water partition coefficient (Wildman–Crippen LogP) is 5.21. The van der Waals surface area contributed by atoms with Crippen LogP contribution in [0.2, 0.25) is 0 Å². The van der Waals surface area contributed by atoms with E-state index < -0.39 is 11.7 Å². The third kappa shape index (κ3) is 6.93. The number of halogens is 1. The number of hydrogen-bond acceptors (Lipinski definition) is 3. The number of carbonyl (C=O) groups is 2. The van der Waals surface area contributed by atoms with Crippen molar-refractivity contribution in [3.8, 4) is 0 Å². The fourth-order valence-corrected chi connectivity index (χ4v) is 2.23. The summed E-state index contributed by atoms with van der Waals surface area (Å²) in [6, 6.07) is 12.6. The molecule has 0 aromatic heterocycles. The van der Waals surface area contributed by atoms with Crippen molar-refractivity contribution in [2.24, 2.45) is 0 Å². The van der Waals surface area contributed by atoms with Gasteiger partial charge in [-0.15, -0.1) is 0 Å². The van der Waals surface area contributed by atoms with Gasteiger partial charge < -0.3 is 10.1 Å². The Morgan fingerprint density at radius 2 is 1.44 bits per heavy atom. The van der Waals surface area contributed by atoms with Crippen LogP contribution in [0.3, 0.4) is 0 Å². The Morgan fingerprint density at radius 3 is 1.96 bits per heavy atom. The van der Waals surface area contributed by atoms with Crippen LogP contribution in [0, 0.1) is 5.82 Å². The van der Waals surface area contributed by atoms with Gasteiger partial charge in [0.25, 0.3) is 0 Å². The van der Waals surface area contributed by atoms with E-state index >= 15 is 0 Å². The molecule has 0 radical (unpaired) electrons. The van der Waals surface area contributed by atoms with Gasteiger partial charge >= 0.3 is 6.09 Å². The van der Waals surface area contributed by atoms with Crippen LogP contribution < -0.4 is 10.6 Å². The van der Waals surface area contributed by atoms with Crippen LogP contribution in [0.4, 0.5) is 20.6 Å². The Labute approximate surface area is 158 Å². The summed E-state index contributed by atoms with van der Waals surface area (Å²) in [6.45, 7) is 7.13. The standard InChI is InChI=1S/C21H23FN2O3/c1-14(15-5-7-16(22)8-6-15)13-19(25)23-17-9-11-18(12-10-17)24-20(26)27-21(2,3)4/h5-13H,1-4H3,(H,23,25)(H,24,26)/b14-13-. The third-order valence-electron chi connectivity index (χ3n) is 3.44.